The van der Waals surface area contributed by atoms with Crippen LogP contribution >= 0.6 is 0 Å². The average Bonchev–Trinajstić information content (AvgIpc) is 2.13. The molecule has 16 heavy (non-hydrogen) atoms. The Morgan fingerprint density at radius 3 is 1.81 bits per heavy atom. The molecule has 2 nitrogen and oxygen atoms in total. The highest BCUT2D eigenvalue weighted by Gasteiger charge is 2.20. The fraction of sp³-hybridized carbons (Fsp3) is 0.500. The van der Waals surface area contributed by atoms with Crippen LogP contribution in [0, 0.1) is 27.7 Å². The first-order valence-corrected chi connectivity index (χ1v) is 5.62. The molecule has 0 aliphatic heterocycles. The van der Waals surface area contributed by atoms with E-state index in [9.17, 15) is 9.90 Å². The molecule has 0 aromatic heterocycles. The Hall–Kier alpha value is -1.31. The molecule has 1 rings (SSSR count). The number of carboxylic acids is 1. The van der Waals surface area contributed by atoms with Crippen LogP contribution in [0.25, 0.3) is 0 Å². The summed E-state index contributed by atoms with van der Waals surface area (Å²) >= 11 is 0. The molecular formula is C14H20O2. The molecule has 0 bridgehead atoms. The second kappa shape index (κ2) is 4.28. The lowest BCUT2D eigenvalue weighted by atomic mass is 9.84. The molecule has 0 radical (unpaired) electrons. The van der Waals surface area contributed by atoms with E-state index in [0.29, 0.717) is 11.5 Å². The topological polar surface area (TPSA) is 37.3 Å². The fourth-order valence-electron chi connectivity index (χ4n) is 2.55. The molecule has 0 saturated heterocycles. The maximum Gasteiger partial charge on any atom is 0.336 e. The average molecular weight is 220 g/mol. The summed E-state index contributed by atoms with van der Waals surface area (Å²) < 4.78 is 0. The predicted octanol–water partition coefficient (Wildman–Crippen LogP) is 3.74. The van der Waals surface area contributed by atoms with Crippen LogP contribution in [0.2, 0.25) is 0 Å². The highest BCUT2D eigenvalue weighted by atomic mass is 16.4. The standard InChI is InChI=1S/C14H20O2/c1-7(2)12-9(4)8(3)10(5)13(11(12)6)14(15)16/h7H,1-6H3,(H,15,16). The lowest BCUT2D eigenvalue weighted by molar-refractivity contribution is 0.0695. The van der Waals surface area contributed by atoms with Crippen LogP contribution in [0.15, 0.2) is 0 Å². The van der Waals surface area contributed by atoms with E-state index in [-0.39, 0.29) is 0 Å². The molecule has 0 aliphatic rings. The molecule has 0 saturated carbocycles. The predicted molar refractivity (Wildman–Crippen MR) is 66.4 cm³/mol. The highest BCUT2D eigenvalue weighted by Crippen LogP contribution is 2.31. The van der Waals surface area contributed by atoms with Gasteiger partial charge in [0, 0.05) is 0 Å². The quantitative estimate of drug-likeness (QED) is 0.824. The van der Waals surface area contributed by atoms with Crippen LogP contribution < -0.4 is 0 Å². The second-order valence-corrected chi connectivity index (χ2v) is 4.75. The van der Waals surface area contributed by atoms with Crippen molar-refractivity contribution in [2.45, 2.75) is 47.5 Å². The van der Waals surface area contributed by atoms with Gasteiger partial charge in [-0.25, -0.2) is 4.79 Å². The third-order valence-electron chi connectivity index (χ3n) is 3.47. The summed E-state index contributed by atoms with van der Waals surface area (Å²) in [6.07, 6.45) is 0. The maximum atomic E-state index is 11.3. The summed E-state index contributed by atoms with van der Waals surface area (Å²) in [5, 5.41) is 9.27. The van der Waals surface area contributed by atoms with Crippen molar-refractivity contribution in [2.24, 2.45) is 0 Å². The summed E-state index contributed by atoms with van der Waals surface area (Å²) in [4.78, 5) is 11.3. The van der Waals surface area contributed by atoms with E-state index in [0.717, 1.165) is 16.7 Å². The third kappa shape index (κ3) is 1.84. The molecule has 0 aliphatic carbocycles. The molecule has 0 unspecified atom stereocenters. The lowest BCUT2D eigenvalue weighted by Crippen LogP contribution is -2.11. The van der Waals surface area contributed by atoms with Gasteiger partial charge in [0.05, 0.1) is 5.56 Å². The molecular weight excluding hydrogens is 200 g/mol. The summed E-state index contributed by atoms with van der Waals surface area (Å²) in [5.41, 5.74) is 5.81. The van der Waals surface area contributed by atoms with Crippen LogP contribution in [0.4, 0.5) is 0 Å². The minimum absolute atomic E-state index is 0.359. The Morgan fingerprint density at radius 2 is 1.44 bits per heavy atom. The van der Waals surface area contributed by atoms with E-state index in [4.69, 9.17) is 0 Å². The zero-order valence-electron chi connectivity index (χ0n) is 10.9. The zero-order chi connectivity index (χ0) is 12.6. The van der Waals surface area contributed by atoms with Gasteiger partial charge in [0.1, 0.15) is 0 Å². The number of benzene rings is 1. The van der Waals surface area contributed by atoms with Crippen LogP contribution in [0.1, 0.15) is 57.9 Å². The minimum atomic E-state index is -0.819. The van der Waals surface area contributed by atoms with Crippen LogP contribution in [-0.2, 0) is 0 Å². The van der Waals surface area contributed by atoms with Crippen molar-refractivity contribution in [3.05, 3.63) is 33.4 Å². The number of carbonyl (C=O) groups is 1. The van der Waals surface area contributed by atoms with Gasteiger partial charge in [0.15, 0.2) is 0 Å². The highest BCUT2D eigenvalue weighted by molar-refractivity contribution is 5.92. The molecule has 0 atom stereocenters. The number of hydrogen-bond acceptors (Lipinski definition) is 1. The van der Waals surface area contributed by atoms with Gasteiger partial charge < -0.3 is 5.11 Å². The van der Waals surface area contributed by atoms with Gasteiger partial charge in [0.25, 0.3) is 0 Å². The fourth-order valence-corrected chi connectivity index (χ4v) is 2.55. The minimum Gasteiger partial charge on any atom is -0.478 e. The van der Waals surface area contributed by atoms with Gasteiger partial charge >= 0.3 is 5.97 Å². The number of rotatable bonds is 2. The molecule has 1 aromatic carbocycles. The van der Waals surface area contributed by atoms with Crippen molar-refractivity contribution in [3.8, 4) is 0 Å². The Balaban J connectivity index is 3.73. The summed E-state index contributed by atoms with van der Waals surface area (Å²) in [5.74, 6) is -0.461. The van der Waals surface area contributed by atoms with Gasteiger partial charge in [-0.05, 0) is 61.4 Å². The molecule has 88 valence electrons. The van der Waals surface area contributed by atoms with E-state index in [1.165, 1.54) is 11.1 Å². The van der Waals surface area contributed by atoms with Gasteiger partial charge in [-0.15, -0.1) is 0 Å². The molecule has 0 amide bonds. The first kappa shape index (κ1) is 12.8. The smallest absolute Gasteiger partial charge is 0.336 e. The van der Waals surface area contributed by atoms with Crippen molar-refractivity contribution in [1.29, 1.82) is 0 Å². The molecule has 0 spiro atoms. The number of hydrogen-bond donors (Lipinski definition) is 1. The van der Waals surface area contributed by atoms with Gasteiger partial charge in [0.2, 0.25) is 0 Å². The SMILES string of the molecule is Cc1c(C)c(C(=O)O)c(C)c(C(C)C)c1C. The third-order valence-corrected chi connectivity index (χ3v) is 3.47. The van der Waals surface area contributed by atoms with E-state index in [2.05, 4.69) is 20.8 Å². The Kier molecular flexibility index (Phi) is 3.41. The summed E-state index contributed by atoms with van der Waals surface area (Å²) in [6.45, 7) is 12.1. The van der Waals surface area contributed by atoms with Gasteiger partial charge in [-0.3, -0.25) is 0 Å². The van der Waals surface area contributed by atoms with E-state index >= 15 is 0 Å². The Morgan fingerprint density at radius 1 is 0.938 bits per heavy atom. The summed E-state index contributed by atoms with van der Waals surface area (Å²) in [7, 11) is 0. The number of aromatic carboxylic acids is 1. The van der Waals surface area contributed by atoms with E-state index < -0.39 is 5.97 Å². The van der Waals surface area contributed by atoms with Crippen molar-refractivity contribution in [1.82, 2.24) is 0 Å². The summed E-state index contributed by atoms with van der Waals surface area (Å²) in [6, 6.07) is 0. The first-order valence-electron chi connectivity index (χ1n) is 5.62. The van der Waals surface area contributed by atoms with Crippen molar-refractivity contribution >= 4 is 5.97 Å². The van der Waals surface area contributed by atoms with Crippen molar-refractivity contribution < 1.29 is 9.90 Å². The zero-order valence-corrected chi connectivity index (χ0v) is 10.9. The van der Waals surface area contributed by atoms with E-state index in [1.807, 2.05) is 20.8 Å². The Labute approximate surface area is 97.3 Å². The molecule has 1 aromatic rings. The Bertz CT molecular complexity index is 443. The van der Waals surface area contributed by atoms with Crippen LogP contribution in [0.5, 0.6) is 0 Å². The van der Waals surface area contributed by atoms with Gasteiger partial charge in [-0.1, -0.05) is 13.8 Å². The largest absolute Gasteiger partial charge is 0.478 e. The monoisotopic (exact) mass is 220 g/mol. The lowest BCUT2D eigenvalue weighted by Gasteiger charge is -2.20. The first-order chi connectivity index (χ1) is 7.29. The van der Waals surface area contributed by atoms with E-state index in [1.54, 1.807) is 0 Å². The molecule has 0 heterocycles. The molecule has 2 heteroatoms. The second-order valence-electron chi connectivity index (χ2n) is 4.75. The number of carboxylic acid groups (broad SMARTS) is 1. The van der Waals surface area contributed by atoms with Gasteiger partial charge in [-0.2, -0.15) is 0 Å². The van der Waals surface area contributed by atoms with Crippen molar-refractivity contribution in [3.63, 3.8) is 0 Å². The molecule has 1 N–H and O–H groups in total. The van der Waals surface area contributed by atoms with Crippen LogP contribution in [0.3, 0.4) is 0 Å². The maximum absolute atomic E-state index is 11.3. The normalized spacial score (nSPS) is 10.9. The van der Waals surface area contributed by atoms with Crippen LogP contribution in [-0.4, -0.2) is 11.1 Å². The molecule has 0 fully saturated rings. The van der Waals surface area contributed by atoms with Crippen molar-refractivity contribution in [2.75, 3.05) is 0 Å².